The van der Waals surface area contributed by atoms with E-state index in [4.69, 9.17) is 5.11 Å². The lowest BCUT2D eigenvalue weighted by molar-refractivity contribution is 0.0691. The molecule has 0 spiro atoms. The van der Waals surface area contributed by atoms with Crippen LogP contribution in [0.2, 0.25) is 0 Å². The third-order valence-electron chi connectivity index (χ3n) is 2.75. The lowest BCUT2D eigenvalue weighted by Gasteiger charge is -1.98. The number of carboxylic acid groups (broad SMARTS) is 1. The number of H-pyrrole nitrogens is 1. The van der Waals surface area contributed by atoms with Gasteiger partial charge in [-0.25, -0.2) is 4.79 Å². The Bertz CT molecular complexity index is 463. The molecule has 0 unspecified atom stereocenters. The van der Waals surface area contributed by atoms with Gasteiger partial charge in [0.1, 0.15) is 5.69 Å². The molecule has 0 amide bonds. The van der Waals surface area contributed by atoms with E-state index in [0.717, 1.165) is 24.8 Å². The van der Waals surface area contributed by atoms with Gasteiger partial charge in [0, 0.05) is 6.20 Å². The molecule has 1 heterocycles. The number of hydrogen-bond donors (Lipinski definition) is 2. The van der Waals surface area contributed by atoms with Gasteiger partial charge in [0.15, 0.2) is 0 Å². The Morgan fingerprint density at radius 2 is 2.06 bits per heavy atom. The molecule has 0 saturated carbocycles. The molecule has 1 rings (SSSR count). The molecule has 0 fully saturated rings. The van der Waals surface area contributed by atoms with E-state index in [1.807, 2.05) is 0 Å². The van der Waals surface area contributed by atoms with Gasteiger partial charge in [0.05, 0.1) is 0 Å². The van der Waals surface area contributed by atoms with E-state index in [1.54, 1.807) is 12.3 Å². The van der Waals surface area contributed by atoms with Crippen molar-refractivity contribution in [3.8, 4) is 0 Å². The highest BCUT2D eigenvalue weighted by atomic mass is 16.4. The molecule has 0 aliphatic rings. The molecule has 0 radical (unpaired) electrons. The molecule has 0 aromatic carbocycles. The van der Waals surface area contributed by atoms with Gasteiger partial charge in [-0.3, -0.25) is 0 Å². The van der Waals surface area contributed by atoms with Gasteiger partial charge in [-0.1, -0.05) is 23.3 Å². The summed E-state index contributed by atoms with van der Waals surface area (Å²) in [6.45, 7) is 6.32. The highest BCUT2D eigenvalue weighted by Gasteiger charge is 2.04. The first-order chi connectivity index (χ1) is 8.49. The Hall–Kier alpha value is -1.77. The van der Waals surface area contributed by atoms with Crippen molar-refractivity contribution < 1.29 is 9.90 Å². The molecule has 0 aliphatic carbocycles. The standard InChI is InChI=1S/C15H21NO2/c1-11(2)5-4-6-12(3)7-8-13-9-14(15(17)18)16-10-13/h5,7,9-10,16H,4,6,8H2,1-3H3,(H,17,18)/b12-7+. The van der Waals surface area contributed by atoms with Crippen molar-refractivity contribution in [1.82, 2.24) is 4.98 Å². The number of aromatic carboxylic acids is 1. The second-order valence-electron chi connectivity index (χ2n) is 4.80. The molecule has 2 N–H and O–H groups in total. The SMILES string of the molecule is CC(C)=CCC/C(C)=C/Cc1c[nH]c(C(=O)O)c1. The third-order valence-corrected chi connectivity index (χ3v) is 2.75. The van der Waals surface area contributed by atoms with Crippen LogP contribution in [0.1, 0.15) is 49.7 Å². The fraction of sp³-hybridized carbons (Fsp3) is 0.400. The van der Waals surface area contributed by atoms with Crippen LogP contribution in [0.4, 0.5) is 0 Å². The molecule has 0 saturated heterocycles. The number of allylic oxidation sites excluding steroid dienone is 4. The summed E-state index contributed by atoms with van der Waals surface area (Å²) >= 11 is 0. The molecular weight excluding hydrogens is 226 g/mol. The molecule has 18 heavy (non-hydrogen) atoms. The number of nitrogens with one attached hydrogen (secondary N) is 1. The van der Waals surface area contributed by atoms with Crippen molar-refractivity contribution in [3.05, 3.63) is 46.8 Å². The van der Waals surface area contributed by atoms with Gasteiger partial charge in [0.2, 0.25) is 0 Å². The van der Waals surface area contributed by atoms with E-state index in [-0.39, 0.29) is 5.69 Å². The Morgan fingerprint density at radius 3 is 2.61 bits per heavy atom. The van der Waals surface area contributed by atoms with Crippen molar-refractivity contribution in [1.29, 1.82) is 0 Å². The lowest BCUT2D eigenvalue weighted by Crippen LogP contribution is -1.94. The maximum absolute atomic E-state index is 10.7. The predicted octanol–water partition coefficient (Wildman–Crippen LogP) is 3.95. The average Bonchev–Trinajstić information content (AvgIpc) is 2.74. The number of rotatable bonds is 6. The average molecular weight is 247 g/mol. The maximum Gasteiger partial charge on any atom is 0.352 e. The van der Waals surface area contributed by atoms with Crippen LogP contribution in [0.3, 0.4) is 0 Å². The smallest absolute Gasteiger partial charge is 0.352 e. The first-order valence-electron chi connectivity index (χ1n) is 6.18. The minimum absolute atomic E-state index is 0.251. The quantitative estimate of drug-likeness (QED) is 0.748. The molecule has 0 aliphatic heterocycles. The third kappa shape index (κ3) is 5.04. The second-order valence-corrected chi connectivity index (χ2v) is 4.80. The summed E-state index contributed by atoms with van der Waals surface area (Å²) in [5, 5.41) is 8.79. The van der Waals surface area contributed by atoms with E-state index in [0.29, 0.717) is 0 Å². The minimum Gasteiger partial charge on any atom is -0.477 e. The first kappa shape index (κ1) is 14.3. The van der Waals surface area contributed by atoms with Crippen molar-refractivity contribution in [2.24, 2.45) is 0 Å². The largest absolute Gasteiger partial charge is 0.477 e. The zero-order chi connectivity index (χ0) is 13.5. The summed E-state index contributed by atoms with van der Waals surface area (Å²) in [6.07, 6.45) is 9.05. The molecular formula is C15H21NO2. The number of hydrogen-bond acceptors (Lipinski definition) is 1. The van der Waals surface area contributed by atoms with Crippen LogP contribution < -0.4 is 0 Å². The van der Waals surface area contributed by atoms with Crippen LogP contribution in [0.25, 0.3) is 0 Å². The highest BCUT2D eigenvalue weighted by molar-refractivity contribution is 5.85. The van der Waals surface area contributed by atoms with Crippen LogP contribution in [-0.4, -0.2) is 16.1 Å². The summed E-state index contributed by atoms with van der Waals surface area (Å²) in [7, 11) is 0. The number of aromatic amines is 1. The van der Waals surface area contributed by atoms with E-state index < -0.39 is 5.97 Å². The summed E-state index contributed by atoms with van der Waals surface area (Å²) in [5.41, 5.74) is 3.94. The molecule has 1 aromatic rings. The molecule has 3 heteroatoms. The summed E-state index contributed by atoms with van der Waals surface area (Å²) in [4.78, 5) is 13.5. The van der Waals surface area contributed by atoms with Gasteiger partial charge in [-0.05, 0) is 51.7 Å². The zero-order valence-electron chi connectivity index (χ0n) is 11.3. The first-order valence-corrected chi connectivity index (χ1v) is 6.18. The van der Waals surface area contributed by atoms with Gasteiger partial charge < -0.3 is 10.1 Å². The van der Waals surface area contributed by atoms with Gasteiger partial charge in [-0.2, -0.15) is 0 Å². The second kappa shape index (κ2) is 6.84. The summed E-state index contributed by atoms with van der Waals surface area (Å²) < 4.78 is 0. The van der Waals surface area contributed by atoms with Gasteiger partial charge in [-0.15, -0.1) is 0 Å². The number of carboxylic acids is 1. The van der Waals surface area contributed by atoms with Crippen LogP contribution >= 0.6 is 0 Å². The fourth-order valence-electron chi connectivity index (χ4n) is 1.66. The monoisotopic (exact) mass is 247 g/mol. The zero-order valence-corrected chi connectivity index (χ0v) is 11.3. The van der Waals surface area contributed by atoms with Gasteiger partial charge in [0.25, 0.3) is 0 Å². The predicted molar refractivity (Wildman–Crippen MR) is 73.9 cm³/mol. The Morgan fingerprint density at radius 1 is 1.33 bits per heavy atom. The Balaban J connectivity index is 2.46. The Kier molecular flexibility index (Phi) is 5.43. The minimum atomic E-state index is -0.912. The fourth-order valence-corrected chi connectivity index (χ4v) is 1.66. The molecule has 98 valence electrons. The molecule has 0 bridgehead atoms. The van der Waals surface area contributed by atoms with Crippen molar-refractivity contribution >= 4 is 5.97 Å². The van der Waals surface area contributed by atoms with E-state index >= 15 is 0 Å². The molecule has 1 aromatic heterocycles. The topological polar surface area (TPSA) is 53.1 Å². The maximum atomic E-state index is 10.7. The van der Waals surface area contributed by atoms with Crippen LogP contribution in [0.5, 0.6) is 0 Å². The summed E-state index contributed by atoms with van der Waals surface area (Å²) in [6, 6.07) is 1.68. The summed E-state index contributed by atoms with van der Waals surface area (Å²) in [5.74, 6) is -0.912. The van der Waals surface area contributed by atoms with Crippen molar-refractivity contribution in [2.45, 2.75) is 40.0 Å². The van der Waals surface area contributed by atoms with E-state index in [1.165, 1.54) is 11.1 Å². The number of aromatic nitrogens is 1. The van der Waals surface area contributed by atoms with Crippen molar-refractivity contribution in [3.63, 3.8) is 0 Å². The molecule has 3 nitrogen and oxygen atoms in total. The van der Waals surface area contributed by atoms with E-state index in [9.17, 15) is 4.79 Å². The van der Waals surface area contributed by atoms with E-state index in [2.05, 4.69) is 37.9 Å². The lowest BCUT2D eigenvalue weighted by atomic mass is 10.1. The highest BCUT2D eigenvalue weighted by Crippen LogP contribution is 2.10. The van der Waals surface area contributed by atoms with Crippen LogP contribution in [0.15, 0.2) is 35.6 Å². The Labute approximate surface area is 108 Å². The van der Waals surface area contributed by atoms with Gasteiger partial charge >= 0.3 is 5.97 Å². The normalized spacial score (nSPS) is 11.4. The number of carbonyl (C=O) groups is 1. The van der Waals surface area contributed by atoms with Crippen LogP contribution in [-0.2, 0) is 6.42 Å². The van der Waals surface area contributed by atoms with Crippen molar-refractivity contribution in [2.75, 3.05) is 0 Å². The molecule has 0 atom stereocenters. The van der Waals surface area contributed by atoms with Crippen LogP contribution in [0, 0.1) is 0 Å².